The molecule has 1 N–H and O–H groups in total. The van der Waals surface area contributed by atoms with E-state index in [1.807, 2.05) is 0 Å². The average molecular weight is 308 g/mol. The number of hydrogen-bond acceptors (Lipinski definition) is 4. The Morgan fingerprint density at radius 2 is 1.90 bits per heavy atom. The largest absolute Gasteiger partial charge is 0.358 e. The molecule has 2 aromatic heterocycles. The molecule has 0 amide bonds. The van der Waals surface area contributed by atoms with Gasteiger partial charge < -0.3 is 10.2 Å². The first-order valence-corrected chi connectivity index (χ1v) is 8.35. The third kappa shape index (κ3) is 4.20. The zero-order valence-electron chi connectivity index (χ0n) is 14.3. The van der Waals surface area contributed by atoms with E-state index in [4.69, 9.17) is 4.98 Å². The van der Waals surface area contributed by atoms with E-state index in [1.54, 1.807) is 11.3 Å². The van der Waals surface area contributed by atoms with Crippen LogP contribution >= 0.6 is 11.3 Å². The maximum absolute atomic E-state index is 4.82. The van der Waals surface area contributed by atoms with Crippen LogP contribution in [0.1, 0.15) is 47.2 Å². The molecule has 0 unspecified atom stereocenters. The Balaban J connectivity index is 2.31. The van der Waals surface area contributed by atoms with Crippen LogP contribution in [-0.4, -0.2) is 28.5 Å². The van der Waals surface area contributed by atoms with Gasteiger partial charge >= 0.3 is 0 Å². The molecule has 0 saturated heterocycles. The maximum Gasteiger partial charge on any atom is 0.195 e. The number of thiazole rings is 1. The summed E-state index contributed by atoms with van der Waals surface area (Å²) in [7, 11) is 2.14. The van der Waals surface area contributed by atoms with E-state index in [1.165, 1.54) is 5.69 Å². The summed E-state index contributed by atoms with van der Waals surface area (Å²) in [6.45, 7) is 15.2. The summed E-state index contributed by atoms with van der Waals surface area (Å²) in [6, 6.07) is 0. The molecule has 4 nitrogen and oxygen atoms in total. The molecule has 0 spiro atoms. The van der Waals surface area contributed by atoms with E-state index >= 15 is 0 Å². The fourth-order valence-corrected chi connectivity index (χ4v) is 3.15. The number of fused-ring (bicyclic) bond motifs is 1. The number of rotatable bonds is 4. The summed E-state index contributed by atoms with van der Waals surface area (Å²) in [6.07, 6.45) is 2.11. The van der Waals surface area contributed by atoms with Gasteiger partial charge in [-0.25, -0.2) is 4.98 Å². The van der Waals surface area contributed by atoms with Crippen molar-refractivity contribution >= 4 is 22.1 Å². The van der Waals surface area contributed by atoms with E-state index in [2.05, 4.69) is 74.8 Å². The summed E-state index contributed by atoms with van der Waals surface area (Å²) in [5.74, 6) is 1.09. The fraction of sp³-hybridized carbons (Fsp3) is 0.688. The topological polar surface area (TPSA) is 32.6 Å². The SMILES string of the molecule is CN(CC(C)(C)C)c1nc2sccn2c1CNC(C)(C)C. The molecule has 0 fully saturated rings. The van der Waals surface area contributed by atoms with Gasteiger partial charge in [0, 0.05) is 37.3 Å². The normalized spacial score (nSPS) is 13.1. The summed E-state index contributed by atoms with van der Waals surface area (Å²) >= 11 is 1.69. The van der Waals surface area contributed by atoms with Gasteiger partial charge in [0.2, 0.25) is 0 Å². The van der Waals surface area contributed by atoms with Gasteiger partial charge in [-0.3, -0.25) is 4.40 Å². The number of nitrogens with one attached hydrogen (secondary N) is 1. The summed E-state index contributed by atoms with van der Waals surface area (Å²) in [4.78, 5) is 8.17. The van der Waals surface area contributed by atoms with Crippen molar-refractivity contribution in [2.75, 3.05) is 18.5 Å². The third-order valence-electron chi connectivity index (χ3n) is 3.20. The molecule has 0 atom stereocenters. The Kier molecular flexibility index (Phi) is 4.36. The number of imidazole rings is 1. The highest BCUT2D eigenvalue weighted by Crippen LogP contribution is 2.27. The van der Waals surface area contributed by atoms with Crippen LogP contribution in [0.4, 0.5) is 5.82 Å². The zero-order chi connectivity index (χ0) is 15.8. The second kappa shape index (κ2) is 5.61. The number of aromatic nitrogens is 2. The minimum absolute atomic E-state index is 0.0973. The van der Waals surface area contributed by atoms with Crippen LogP contribution in [0.25, 0.3) is 4.96 Å². The summed E-state index contributed by atoms with van der Waals surface area (Å²) in [5, 5.41) is 5.68. The van der Waals surface area contributed by atoms with E-state index in [-0.39, 0.29) is 11.0 Å². The summed E-state index contributed by atoms with van der Waals surface area (Å²) in [5.41, 5.74) is 1.59. The standard InChI is InChI=1S/C16H28N4S/c1-15(2,3)11-19(7)13-12(10-17-16(4,5)6)20-8-9-21-14(20)18-13/h8-9,17H,10-11H2,1-7H3. The van der Waals surface area contributed by atoms with E-state index in [0.29, 0.717) is 0 Å². The first kappa shape index (κ1) is 16.3. The van der Waals surface area contributed by atoms with Crippen molar-refractivity contribution in [2.24, 2.45) is 5.41 Å². The van der Waals surface area contributed by atoms with Crippen LogP contribution in [0.2, 0.25) is 0 Å². The predicted molar refractivity (Wildman–Crippen MR) is 92.4 cm³/mol. The van der Waals surface area contributed by atoms with Crippen molar-refractivity contribution in [1.29, 1.82) is 0 Å². The second-order valence-corrected chi connectivity index (χ2v) is 8.83. The first-order valence-electron chi connectivity index (χ1n) is 7.47. The van der Waals surface area contributed by atoms with Gasteiger partial charge in [0.05, 0.1) is 5.69 Å². The molecule has 2 aromatic rings. The molecular weight excluding hydrogens is 280 g/mol. The van der Waals surface area contributed by atoms with Gasteiger partial charge in [0.25, 0.3) is 0 Å². The monoisotopic (exact) mass is 308 g/mol. The van der Waals surface area contributed by atoms with Crippen LogP contribution in [0.3, 0.4) is 0 Å². The lowest BCUT2D eigenvalue weighted by Gasteiger charge is -2.28. The highest BCUT2D eigenvalue weighted by molar-refractivity contribution is 7.15. The van der Waals surface area contributed by atoms with Crippen LogP contribution in [0.15, 0.2) is 11.6 Å². The van der Waals surface area contributed by atoms with Crippen LogP contribution in [-0.2, 0) is 6.54 Å². The molecule has 0 saturated carbocycles. The minimum atomic E-state index is 0.0973. The highest BCUT2D eigenvalue weighted by Gasteiger charge is 2.21. The Morgan fingerprint density at radius 1 is 1.24 bits per heavy atom. The molecule has 0 aliphatic heterocycles. The molecule has 118 valence electrons. The molecule has 2 rings (SSSR count). The fourth-order valence-electron chi connectivity index (χ4n) is 2.43. The van der Waals surface area contributed by atoms with Gasteiger partial charge in [0.1, 0.15) is 0 Å². The third-order valence-corrected chi connectivity index (χ3v) is 3.96. The van der Waals surface area contributed by atoms with Gasteiger partial charge in [0.15, 0.2) is 10.8 Å². The highest BCUT2D eigenvalue weighted by atomic mass is 32.1. The molecule has 0 aliphatic carbocycles. The predicted octanol–water partition coefficient (Wildman–Crippen LogP) is 3.77. The molecule has 0 radical (unpaired) electrons. The van der Waals surface area contributed by atoms with Gasteiger partial charge in [-0.05, 0) is 26.2 Å². The van der Waals surface area contributed by atoms with E-state index in [9.17, 15) is 0 Å². The molecule has 5 heteroatoms. The van der Waals surface area contributed by atoms with Crippen molar-refractivity contribution < 1.29 is 0 Å². The average Bonchev–Trinajstić information content (AvgIpc) is 2.82. The number of hydrogen-bond donors (Lipinski definition) is 1. The lowest BCUT2D eigenvalue weighted by Crippen LogP contribution is -2.36. The smallest absolute Gasteiger partial charge is 0.195 e. The summed E-state index contributed by atoms with van der Waals surface area (Å²) < 4.78 is 2.21. The van der Waals surface area contributed by atoms with Crippen molar-refractivity contribution in [3.8, 4) is 0 Å². The van der Waals surface area contributed by atoms with Crippen LogP contribution < -0.4 is 10.2 Å². The molecule has 0 aliphatic rings. The number of nitrogens with zero attached hydrogens (tertiary/aromatic N) is 3. The molecule has 0 aromatic carbocycles. The molecule has 21 heavy (non-hydrogen) atoms. The first-order chi connectivity index (χ1) is 9.57. The lowest BCUT2D eigenvalue weighted by molar-refractivity contribution is 0.411. The maximum atomic E-state index is 4.82. The van der Waals surface area contributed by atoms with Crippen molar-refractivity contribution in [3.63, 3.8) is 0 Å². The Morgan fingerprint density at radius 3 is 2.48 bits per heavy atom. The van der Waals surface area contributed by atoms with Crippen LogP contribution in [0, 0.1) is 5.41 Å². The molecular formula is C16H28N4S. The lowest BCUT2D eigenvalue weighted by atomic mass is 9.96. The minimum Gasteiger partial charge on any atom is -0.358 e. The van der Waals surface area contributed by atoms with Gasteiger partial charge in [-0.15, -0.1) is 11.3 Å². The van der Waals surface area contributed by atoms with E-state index < -0.39 is 0 Å². The Hall–Kier alpha value is -1.07. The van der Waals surface area contributed by atoms with Crippen LogP contribution in [0.5, 0.6) is 0 Å². The van der Waals surface area contributed by atoms with E-state index in [0.717, 1.165) is 23.9 Å². The second-order valence-electron chi connectivity index (χ2n) is 7.96. The van der Waals surface area contributed by atoms with Crippen molar-refractivity contribution in [1.82, 2.24) is 14.7 Å². The molecule has 2 heterocycles. The quantitative estimate of drug-likeness (QED) is 0.933. The van der Waals surface area contributed by atoms with Gasteiger partial charge in [-0.1, -0.05) is 20.8 Å². The van der Waals surface area contributed by atoms with Crippen molar-refractivity contribution in [2.45, 2.75) is 53.6 Å². The van der Waals surface area contributed by atoms with Crippen molar-refractivity contribution in [3.05, 3.63) is 17.3 Å². The zero-order valence-corrected chi connectivity index (χ0v) is 15.1. The Bertz CT molecular complexity index is 598. The molecule has 0 bridgehead atoms. The number of anilines is 1. The Labute approximate surface area is 132 Å². The van der Waals surface area contributed by atoms with Gasteiger partial charge in [-0.2, -0.15) is 0 Å².